The van der Waals surface area contributed by atoms with Crippen LogP contribution >= 0.6 is 0 Å². The van der Waals surface area contributed by atoms with E-state index in [2.05, 4.69) is 27.6 Å². The van der Waals surface area contributed by atoms with Gasteiger partial charge in [-0.2, -0.15) is 12.7 Å². The summed E-state index contributed by atoms with van der Waals surface area (Å²) < 4.78 is 5.03. The quantitative estimate of drug-likeness (QED) is 0.667. The molecular weight excluding hydrogens is 397 g/mol. The van der Waals surface area contributed by atoms with E-state index in [4.69, 9.17) is 4.74 Å². The van der Waals surface area contributed by atoms with Crippen LogP contribution in [0.1, 0.15) is 12.7 Å². The van der Waals surface area contributed by atoms with Crippen LogP contribution in [0.15, 0.2) is 0 Å². The fourth-order valence-electron chi connectivity index (χ4n) is 0.471. The molecule has 3 radical (unpaired) electrons. The van der Waals surface area contributed by atoms with Crippen LogP contribution in [-0.2, 0) is 109 Å². The predicted molar refractivity (Wildman–Crippen MR) is 32.8 cm³/mol. The van der Waals surface area contributed by atoms with Crippen LogP contribution in [0.4, 0.5) is 0 Å². The first kappa shape index (κ1) is 20.7. The summed E-state index contributed by atoms with van der Waals surface area (Å²) in [6, 6.07) is 0. The van der Waals surface area contributed by atoms with E-state index in [1.165, 1.54) is 0 Å². The Balaban J connectivity index is -0.000000333. The maximum Gasteiger partial charge on any atom is 0.0417 e. The van der Waals surface area contributed by atoms with Gasteiger partial charge in [0.1, 0.15) is 0 Å². The van der Waals surface area contributed by atoms with Gasteiger partial charge in [0.2, 0.25) is 0 Å². The molecule has 0 saturated carbocycles. The zero-order chi connectivity index (χ0) is 7.23. The second kappa shape index (κ2) is 14.3. The summed E-state index contributed by atoms with van der Waals surface area (Å²) in [6.07, 6.45) is 4.74. The average Bonchev–Trinajstić information content (AvgIpc) is 2.03. The van der Waals surface area contributed by atoms with Gasteiger partial charge in [0.25, 0.3) is 0 Å². The molecular formula is C6H7N3OY3-2. The van der Waals surface area contributed by atoms with E-state index < -0.39 is 0 Å². The van der Waals surface area contributed by atoms with Gasteiger partial charge < -0.3 is 19.7 Å². The number of aromatic nitrogens is 3. The largest absolute Gasteiger partial charge is 0.505 e. The molecule has 1 aromatic heterocycles. The number of rotatable bonds is 3. The van der Waals surface area contributed by atoms with E-state index in [0.29, 0.717) is 19.0 Å². The first-order chi connectivity index (χ1) is 4.93. The molecule has 0 N–H and O–H groups in total. The Morgan fingerprint density at radius 1 is 1.15 bits per heavy atom. The Morgan fingerprint density at radius 3 is 2.15 bits per heavy atom. The first-order valence-corrected chi connectivity index (χ1v) is 2.98. The van der Waals surface area contributed by atoms with Crippen molar-refractivity contribution in [1.29, 1.82) is 0 Å². The molecule has 7 heteroatoms. The molecule has 63 valence electrons. The van der Waals surface area contributed by atoms with Crippen molar-refractivity contribution in [1.82, 2.24) is 15.0 Å². The Hall–Kier alpha value is 2.28. The van der Waals surface area contributed by atoms with E-state index in [-0.39, 0.29) is 98.1 Å². The molecule has 0 atom stereocenters. The molecule has 0 amide bonds. The molecule has 0 aliphatic heterocycles. The normalized spacial score (nSPS) is 7.46. The van der Waals surface area contributed by atoms with E-state index in [1.54, 1.807) is 0 Å². The van der Waals surface area contributed by atoms with Crippen molar-refractivity contribution in [2.45, 2.75) is 13.5 Å². The number of nitrogens with zero attached hydrogens (tertiary/aromatic N) is 3. The minimum Gasteiger partial charge on any atom is -0.505 e. The third-order valence-electron chi connectivity index (χ3n) is 0.893. The standard InChI is InChI=1S/C6H7N3O.3Y/c1-2-10-3-6-8-4-7-5-9-6;;;/h2-3H2,1H3;;;/q-2;;;. The summed E-state index contributed by atoms with van der Waals surface area (Å²) in [7, 11) is 0. The molecule has 0 bridgehead atoms. The molecule has 4 nitrogen and oxygen atoms in total. The van der Waals surface area contributed by atoms with Gasteiger partial charge in [-0.3, -0.25) is 0 Å². The molecule has 13 heavy (non-hydrogen) atoms. The van der Waals surface area contributed by atoms with Gasteiger partial charge in [-0.1, -0.05) is 5.82 Å². The molecule has 0 aliphatic rings. The van der Waals surface area contributed by atoms with Crippen LogP contribution in [0.3, 0.4) is 0 Å². The van der Waals surface area contributed by atoms with Gasteiger partial charge in [-0.25, -0.2) is 0 Å². The maximum atomic E-state index is 5.03. The molecule has 1 heterocycles. The Morgan fingerprint density at radius 2 is 1.69 bits per heavy atom. The van der Waals surface area contributed by atoms with Crippen molar-refractivity contribution >= 4 is 0 Å². The Bertz CT molecular complexity index is 188. The average molecular weight is 404 g/mol. The molecule has 0 saturated heterocycles. The molecule has 0 aliphatic carbocycles. The third kappa shape index (κ3) is 10.6. The minimum absolute atomic E-state index is 0. The minimum atomic E-state index is 0. The van der Waals surface area contributed by atoms with Gasteiger partial charge in [-0.05, 0) is 6.92 Å². The SMILES string of the molecule is CCOCc1n[c-]n[c-]n1.[Y].[Y].[Y]. The zero-order valence-electron chi connectivity index (χ0n) is 7.40. The molecule has 1 rings (SSSR count). The van der Waals surface area contributed by atoms with Crippen molar-refractivity contribution in [2.24, 2.45) is 0 Å². The molecule has 0 fully saturated rings. The number of hydrogen-bond acceptors (Lipinski definition) is 4. The van der Waals surface area contributed by atoms with Crippen molar-refractivity contribution in [2.75, 3.05) is 6.61 Å². The smallest absolute Gasteiger partial charge is 0.0417 e. The van der Waals surface area contributed by atoms with Crippen molar-refractivity contribution in [3.63, 3.8) is 0 Å². The van der Waals surface area contributed by atoms with Crippen molar-refractivity contribution in [3.8, 4) is 0 Å². The maximum absolute atomic E-state index is 5.03. The van der Waals surface area contributed by atoms with Gasteiger partial charge in [0.15, 0.2) is 0 Å². The van der Waals surface area contributed by atoms with Crippen LogP contribution < -0.4 is 0 Å². The Labute approximate surface area is 153 Å². The molecule has 1 aromatic rings. The van der Waals surface area contributed by atoms with Crippen LogP contribution in [0, 0.1) is 12.7 Å². The summed E-state index contributed by atoms with van der Waals surface area (Å²) in [5.74, 6) is 0.567. The van der Waals surface area contributed by atoms with Gasteiger partial charge in [0.05, 0.1) is 0 Å². The molecule has 0 aromatic carbocycles. The monoisotopic (exact) mass is 404 g/mol. The van der Waals surface area contributed by atoms with Crippen LogP contribution in [-0.4, -0.2) is 21.6 Å². The summed E-state index contributed by atoms with van der Waals surface area (Å²) in [5.41, 5.74) is 0. The van der Waals surface area contributed by atoms with E-state index in [9.17, 15) is 0 Å². The summed E-state index contributed by atoms with van der Waals surface area (Å²) >= 11 is 0. The van der Waals surface area contributed by atoms with Gasteiger partial charge in [-0.15, -0.1) is 0 Å². The molecule has 0 spiro atoms. The van der Waals surface area contributed by atoms with Gasteiger partial charge in [0, 0.05) is 111 Å². The topological polar surface area (TPSA) is 47.9 Å². The first-order valence-electron chi connectivity index (χ1n) is 2.98. The molecule has 0 unspecified atom stereocenters. The van der Waals surface area contributed by atoms with Crippen molar-refractivity contribution < 1.29 is 103 Å². The summed E-state index contributed by atoms with van der Waals surface area (Å²) in [6.45, 7) is 2.98. The van der Waals surface area contributed by atoms with E-state index in [0.717, 1.165) is 0 Å². The van der Waals surface area contributed by atoms with E-state index in [1.807, 2.05) is 6.92 Å². The van der Waals surface area contributed by atoms with E-state index >= 15 is 0 Å². The van der Waals surface area contributed by atoms with Crippen LogP contribution in [0.25, 0.3) is 0 Å². The third-order valence-corrected chi connectivity index (χ3v) is 0.893. The zero-order valence-corrected chi connectivity index (χ0v) is 15.9. The Kier molecular flexibility index (Phi) is 22.7. The second-order valence-corrected chi connectivity index (χ2v) is 1.59. The van der Waals surface area contributed by atoms with Crippen LogP contribution in [0.5, 0.6) is 0 Å². The number of hydrogen-bond donors (Lipinski definition) is 0. The van der Waals surface area contributed by atoms with Gasteiger partial charge >= 0.3 is 0 Å². The predicted octanol–water partition coefficient (Wildman–Crippen LogP) is 0.000980. The fourth-order valence-corrected chi connectivity index (χ4v) is 0.471. The summed E-state index contributed by atoms with van der Waals surface area (Å²) in [5, 5.41) is 0. The number of ether oxygens (including phenoxy) is 1. The van der Waals surface area contributed by atoms with Crippen molar-refractivity contribution in [3.05, 3.63) is 18.5 Å². The van der Waals surface area contributed by atoms with Crippen LogP contribution in [0.2, 0.25) is 0 Å². The second-order valence-electron chi connectivity index (χ2n) is 1.59. The summed E-state index contributed by atoms with van der Waals surface area (Å²) in [4.78, 5) is 10.9. The fraction of sp³-hybridized carbons (Fsp3) is 0.500.